The van der Waals surface area contributed by atoms with Crippen LogP contribution in [0.15, 0.2) is 30.3 Å². The number of hydrogen-bond donors (Lipinski definition) is 0. The molecule has 2 aliphatic rings. The van der Waals surface area contributed by atoms with Crippen molar-refractivity contribution in [3.05, 3.63) is 47.5 Å². The van der Waals surface area contributed by atoms with E-state index in [1.54, 1.807) is 0 Å². The molecule has 3 heterocycles. The Labute approximate surface area is 148 Å². The summed E-state index contributed by atoms with van der Waals surface area (Å²) in [7, 11) is 0. The molecular formula is C19H25N5O. The zero-order valence-corrected chi connectivity index (χ0v) is 14.8. The molecule has 0 bridgehead atoms. The van der Waals surface area contributed by atoms with Crippen molar-refractivity contribution in [1.29, 1.82) is 0 Å². The summed E-state index contributed by atoms with van der Waals surface area (Å²) in [5.41, 5.74) is 1.23. The van der Waals surface area contributed by atoms with Crippen LogP contribution in [0.1, 0.15) is 43.0 Å². The molecule has 25 heavy (non-hydrogen) atoms. The highest BCUT2D eigenvalue weighted by molar-refractivity contribution is 5.78. The van der Waals surface area contributed by atoms with Crippen LogP contribution in [-0.2, 0) is 17.8 Å². The maximum absolute atomic E-state index is 12.6. The first-order valence-electron chi connectivity index (χ1n) is 9.17. The molecule has 6 heteroatoms. The number of benzene rings is 1. The first-order valence-corrected chi connectivity index (χ1v) is 9.17. The fourth-order valence-electron chi connectivity index (χ4n) is 3.93. The molecule has 0 radical (unpaired) electrons. The van der Waals surface area contributed by atoms with E-state index in [0.29, 0.717) is 13.1 Å². The van der Waals surface area contributed by atoms with Gasteiger partial charge < -0.3 is 9.47 Å². The van der Waals surface area contributed by atoms with Crippen LogP contribution in [0, 0.1) is 0 Å². The Hall–Kier alpha value is -2.21. The van der Waals surface area contributed by atoms with Crippen LogP contribution >= 0.6 is 0 Å². The molecule has 1 fully saturated rings. The normalized spacial score (nSPS) is 20.7. The maximum atomic E-state index is 12.6. The average molecular weight is 339 g/mol. The third-order valence-electron chi connectivity index (χ3n) is 5.21. The Balaban J connectivity index is 1.47. The standard InChI is InChI=1S/C19H25N5O/c1-15-12-23(19(25)14-22-9-5-6-10-22)13-18-21-20-17(24(15)18)11-16-7-3-2-4-8-16/h2-4,7-8,15H,5-6,9-14H2,1H3/t15-/m0/s1. The van der Waals surface area contributed by atoms with E-state index in [9.17, 15) is 4.79 Å². The molecule has 1 atom stereocenters. The number of rotatable bonds is 4. The van der Waals surface area contributed by atoms with E-state index < -0.39 is 0 Å². The Bertz CT molecular complexity index is 736. The van der Waals surface area contributed by atoms with Gasteiger partial charge in [0, 0.05) is 13.0 Å². The zero-order chi connectivity index (χ0) is 17.2. The zero-order valence-electron chi connectivity index (χ0n) is 14.8. The van der Waals surface area contributed by atoms with Crippen molar-refractivity contribution in [2.75, 3.05) is 26.2 Å². The lowest BCUT2D eigenvalue weighted by molar-refractivity contribution is -0.134. The van der Waals surface area contributed by atoms with Gasteiger partial charge in [0.25, 0.3) is 0 Å². The Morgan fingerprint density at radius 3 is 2.68 bits per heavy atom. The van der Waals surface area contributed by atoms with Gasteiger partial charge in [-0.25, -0.2) is 0 Å². The minimum Gasteiger partial charge on any atom is -0.332 e. The minimum atomic E-state index is 0.208. The van der Waals surface area contributed by atoms with E-state index in [2.05, 4.69) is 38.7 Å². The second kappa shape index (κ2) is 6.96. The second-order valence-electron chi connectivity index (χ2n) is 7.17. The summed E-state index contributed by atoms with van der Waals surface area (Å²) in [4.78, 5) is 16.8. The number of nitrogens with zero attached hydrogens (tertiary/aromatic N) is 5. The molecule has 0 aliphatic carbocycles. The summed E-state index contributed by atoms with van der Waals surface area (Å²) in [6, 6.07) is 10.5. The van der Waals surface area contributed by atoms with Gasteiger partial charge in [0.15, 0.2) is 5.82 Å². The monoisotopic (exact) mass is 339 g/mol. The fraction of sp³-hybridized carbons (Fsp3) is 0.526. The molecule has 4 rings (SSSR count). The first kappa shape index (κ1) is 16.3. The lowest BCUT2D eigenvalue weighted by Gasteiger charge is -2.33. The summed E-state index contributed by atoms with van der Waals surface area (Å²) in [6.45, 7) is 6.09. The van der Waals surface area contributed by atoms with Gasteiger partial charge in [-0.2, -0.15) is 0 Å². The highest BCUT2D eigenvalue weighted by Gasteiger charge is 2.30. The third kappa shape index (κ3) is 3.44. The SMILES string of the molecule is C[C@H]1CN(C(=O)CN2CCCC2)Cc2nnc(Cc3ccccc3)n21. The smallest absolute Gasteiger partial charge is 0.237 e. The Morgan fingerprint density at radius 1 is 1.16 bits per heavy atom. The van der Waals surface area contributed by atoms with Crippen LogP contribution in [0.4, 0.5) is 0 Å². The molecule has 0 saturated carbocycles. The predicted molar refractivity (Wildman–Crippen MR) is 95.1 cm³/mol. The number of carbonyl (C=O) groups excluding carboxylic acids is 1. The first-order chi connectivity index (χ1) is 12.2. The molecule has 0 spiro atoms. The van der Waals surface area contributed by atoms with Gasteiger partial charge in [0.05, 0.1) is 19.1 Å². The van der Waals surface area contributed by atoms with Crippen molar-refractivity contribution in [3.63, 3.8) is 0 Å². The highest BCUT2D eigenvalue weighted by Crippen LogP contribution is 2.23. The van der Waals surface area contributed by atoms with Crippen LogP contribution in [0.2, 0.25) is 0 Å². The van der Waals surface area contributed by atoms with Crippen molar-refractivity contribution in [2.45, 2.75) is 38.8 Å². The summed E-state index contributed by atoms with van der Waals surface area (Å²) in [6.07, 6.45) is 3.20. The maximum Gasteiger partial charge on any atom is 0.237 e. The summed E-state index contributed by atoms with van der Waals surface area (Å²) in [5.74, 6) is 2.10. The molecule has 2 aromatic rings. The molecule has 1 aromatic carbocycles. The van der Waals surface area contributed by atoms with Gasteiger partial charge in [-0.05, 0) is 38.4 Å². The van der Waals surface area contributed by atoms with Gasteiger partial charge in [0.2, 0.25) is 5.91 Å². The van der Waals surface area contributed by atoms with Crippen LogP contribution in [0.3, 0.4) is 0 Å². The van der Waals surface area contributed by atoms with Crippen molar-refractivity contribution in [1.82, 2.24) is 24.6 Å². The summed E-state index contributed by atoms with van der Waals surface area (Å²) >= 11 is 0. The minimum absolute atomic E-state index is 0.208. The van der Waals surface area contributed by atoms with E-state index in [0.717, 1.165) is 37.7 Å². The van der Waals surface area contributed by atoms with Crippen molar-refractivity contribution in [2.24, 2.45) is 0 Å². The van der Waals surface area contributed by atoms with Gasteiger partial charge in [-0.15, -0.1) is 10.2 Å². The third-order valence-corrected chi connectivity index (χ3v) is 5.21. The van der Waals surface area contributed by atoms with Gasteiger partial charge >= 0.3 is 0 Å². The number of carbonyl (C=O) groups is 1. The Kier molecular flexibility index (Phi) is 4.53. The second-order valence-corrected chi connectivity index (χ2v) is 7.17. The lowest BCUT2D eigenvalue weighted by Crippen LogP contribution is -2.45. The van der Waals surface area contributed by atoms with Crippen molar-refractivity contribution in [3.8, 4) is 0 Å². The quantitative estimate of drug-likeness (QED) is 0.853. The molecule has 6 nitrogen and oxygen atoms in total. The van der Waals surface area contributed by atoms with Crippen molar-refractivity contribution < 1.29 is 4.79 Å². The molecule has 1 amide bonds. The molecule has 0 N–H and O–H groups in total. The number of likely N-dealkylation sites (tertiary alicyclic amines) is 1. The molecule has 1 saturated heterocycles. The van der Waals surface area contributed by atoms with Gasteiger partial charge in [0.1, 0.15) is 5.82 Å². The van der Waals surface area contributed by atoms with E-state index >= 15 is 0 Å². The molecule has 1 aromatic heterocycles. The predicted octanol–water partition coefficient (Wildman–Crippen LogP) is 1.87. The Morgan fingerprint density at radius 2 is 1.92 bits per heavy atom. The van der Waals surface area contributed by atoms with Crippen LogP contribution < -0.4 is 0 Å². The summed E-state index contributed by atoms with van der Waals surface area (Å²) < 4.78 is 2.21. The number of hydrogen-bond acceptors (Lipinski definition) is 4. The topological polar surface area (TPSA) is 54.3 Å². The average Bonchev–Trinajstić information content (AvgIpc) is 3.26. The summed E-state index contributed by atoms with van der Waals surface area (Å²) in [5, 5.41) is 8.78. The molecular weight excluding hydrogens is 314 g/mol. The van der Waals surface area contributed by atoms with E-state index in [1.807, 2.05) is 23.1 Å². The number of fused-ring (bicyclic) bond motifs is 1. The fourth-order valence-corrected chi connectivity index (χ4v) is 3.93. The van der Waals surface area contributed by atoms with E-state index in [4.69, 9.17) is 0 Å². The molecule has 132 valence electrons. The largest absolute Gasteiger partial charge is 0.332 e. The number of aromatic nitrogens is 3. The van der Waals surface area contributed by atoms with Gasteiger partial charge in [-0.1, -0.05) is 30.3 Å². The lowest BCUT2D eigenvalue weighted by atomic mass is 10.1. The molecule has 2 aliphatic heterocycles. The van der Waals surface area contributed by atoms with Crippen LogP contribution in [0.25, 0.3) is 0 Å². The van der Waals surface area contributed by atoms with E-state index in [-0.39, 0.29) is 11.9 Å². The van der Waals surface area contributed by atoms with Crippen molar-refractivity contribution >= 4 is 5.91 Å². The van der Waals surface area contributed by atoms with Crippen LogP contribution in [0.5, 0.6) is 0 Å². The van der Waals surface area contributed by atoms with E-state index in [1.165, 1.54) is 18.4 Å². The highest BCUT2D eigenvalue weighted by atomic mass is 16.2. The molecule has 0 unspecified atom stereocenters. The van der Waals surface area contributed by atoms with Crippen LogP contribution in [-0.4, -0.2) is 56.7 Å². The number of amides is 1. The van der Waals surface area contributed by atoms with Gasteiger partial charge in [-0.3, -0.25) is 9.69 Å².